The number of sulfonamides is 1. The van der Waals surface area contributed by atoms with Crippen LogP contribution >= 0.6 is 0 Å². The summed E-state index contributed by atoms with van der Waals surface area (Å²) in [6, 6.07) is 14.0. The standard InChI is InChI=1S/C26H35N3O3S/c1-20-6-4-8-23(18-20)19-33(31,32)29-12-10-24(11-13-29)26(30)28-16-14-27(15-17-28)25-9-5-7-21(2)22(25)3/h4-9,18,24H,10-17,19H2,1-3H3. The average Bonchev–Trinajstić information content (AvgIpc) is 2.80. The number of hydrogen-bond donors (Lipinski definition) is 0. The van der Waals surface area contributed by atoms with Gasteiger partial charge in [0.15, 0.2) is 0 Å². The van der Waals surface area contributed by atoms with Crippen LogP contribution in [-0.4, -0.2) is 62.8 Å². The lowest BCUT2D eigenvalue weighted by Gasteiger charge is -2.39. The van der Waals surface area contributed by atoms with Crippen LogP contribution in [0.3, 0.4) is 0 Å². The molecule has 178 valence electrons. The first-order chi connectivity index (χ1) is 15.7. The molecule has 2 fully saturated rings. The fraction of sp³-hybridized carbons (Fsp3) is 0.500. The Labute approximate surface area is 198 Å². The summed E-state index contributed by atoms with van der Waals surface area (Å²) in [6.45, 7) is 10.2. The number of carbonyl (C=O) groups excluding carboxylic acids is 1. The highest BCUT2D eigenvalue weighted by Crippen LogP contribution is 2.27. The summed E-state index contributed by atoms with van der Waals surface area (Å²) < 4.78 is 27.4. The molecule has 2 aromatic carbocycles. The predicted octanol–water partition coefficient (Wildman–Crippen LogP) is 3.50. The Morgan fingerprint density at radius 2 is 1.58 bits per heavy atom. The first-order valence-corrected chi connectivity index (χ1v) is 13.5. The maximum absolute atomic E-state index is 13.1. The summed E-state index contributed by atoms with van der Waals surface area (Å²) in [4.78, 5) is 17.5. The zero-order valence-electron chi connectivity index (χ0n) is 20.0. The van der Waals surface area contributed by atoms with Crippen molar-refractivity contribution in [3.8, 4) is 0 Å². The molecule has 2 aliphatic heterocycles. The molecular weight excluding hydrogens is 434 g/mol. The van der Waals surface area contributed by atoms with Gasteiger partial charge in [-0.05, 0) is 56.4 Å². The lowest BCUT2D eigenvalue weighted by atomic mass is 9.96. The minimum atomic E-state index is -3.37. The summed E-state index contributed by atoms with van der Waals surface area (Å²) >= 11 is 0. The van der Waals surface area contributed by atoms with E-state index >= 15 is 0 Å². The quantitative estimate of drug-likeness (QED) is 0.673. The molecule has 7 heteroatoms. The van der Waals surface area contributed by atoms with Crippen LogP contribution < -0.4 is 4.90 Å². The Kier molecular flexibility index (Phi) is 7.10. The molecule has 0 bridgehead atoms. The first kappa shape index (κ1) is 23.8. The fourth-order valence-corrected chi connectivity index (χ4v) is 6.54. The van der Waals surface area contributed by atoms with Gasteiger partial charge < -0.3 is 9.80 Å². The lowest BCUT2D eigenvalue weighted by molar-refractivity contribution is -0.137. The molecule has 1 amide bonds. The van der Waals surface area contributed by atoms with E-state index in [1.54, 1.807) is 4.31 Å². The van der Waals surface area contributed by atoms with Gasteiger partial charge in [0.25, 0.3) is 0 Å². The van der Waals surface area contributed by atoms with Crippen molar-refractivity contribution in [2.24, 2.45) is 5.92 Å². The van der Waals surface area contributed by atoms with Gasteiger partial charge in [0.05, 0.1) is 5.75 Å². The number of piperazine rings is 1. The van der Waals surface area contributed by atoms with Crippen molar-refractivity contribution in [3.63, 3.8) is 0 Å². The molecule has 0 spiro atoms. The smallest absolute Gasteiger partial charge is 0.225 e. The number of hydrogen-bond acceptors (Lipinski definition) is 4. The summed E-state index contributed by atoms with van der Waals surface area (Å²) in [7, 11) is -3.37. The first-order valence-electron chi connectivity index (χ1n) is 11.9. The number of aryl methyl sites for hydroxylation is 2. The highest BCUT2D eigenvalue weighted by molar-refractivity contribution is 7.88. The number of anilines is 1. The third kappa shape index (κ3) is 5.41. The van der Waals surface area contributed by atoms with E-state index in [0.29, 0.717) is 25.9 Å². The molecule has 0 aromatic heterocycles. The van der Waals surface area contributed by atoms with Gasteiger partial charge in [-0.25, -0.2) is 12.7 Å². The number of piperidine rings is 1. The van der Waals surface area contributed by atoms with Crippen LogP contribution in [0.4, 0.5) is 5.69 Å². The molecule has 2 saturated heterocycles. The Hall–Kier alpha value is -2.38. The second-order valence-electron chi connectivity index (χ2n) is 9.45. The van der Waals surface area contributed by atoms with Gasteiger partial charge in [-0.3, -0.25) is 4.79 Å². The molecule has 2 aliphatic rings. The third-order valence-electron chi connectivity index (χ3n) is 7.14. The maximum Gasteiger partial charge on any atom is 0.225 e. The molecule has 0 saturated carbocycles. The van der Waals surface area contributed by atoms with E-state index in [9.17, 15) is 13.2 Å². The van der Waals surface area contributed by atoms with E-state index in [4.69, 9.17) is 0 Å². The van der Waals surface area contributed by atoms with Gasteiger partial charge in [0.2, 0.25) is 15.9 Å². The molecular formula is C26H35N3O3S. The largest absolute Gasteiger partial charge is 0.368 e. The average molecular weight is 470 g/mol. The number of rotatable bonds is 5. The zero-order valence-corrected chi connectivity index (χ0v) is 20.8. The molecule has 4 rings (SSSR count). The monoisotopic (exact) mass is 469 g/mol. The van der Waals surface area contributed by atoms with Crippen LogP contribution in [0, 0.1) is 26.7 Å². The summed E-state index contributed by atoms with van der Waals surface area (Å²) in [5.41, 5.74) is 5.72. The van der Waals surface area contributed by atoms with Crippen LogP contribution in [0.25, 0.3) is 0 Å². The van der Waals surface area contributed by atoms with Gasteiger partial charge >= 0.3 is 0 Å². The number of carbonyl (C=O) groups is 1. The highest BCUT2D eigenvalue weighted by atomic mass is 32.2. The molecule has 0 radical (unpaired) electrons. The SMILES string of the molecule is Cc1cccc(CS(=O)(=O)N2CCC(C(=O)N3CCN(c4cccc(C)c4C)CC3)CC2)c1. The molecule has 0 unspecified atom stereocenters. The van der Waals surface area contributed by atoms with E-state index in [1.807, 2.05) is 36.1 Å². The molecule has 6 nitrogen and oxygen atoms in total. The highest BCUT2D eigenvalue weighted by Gasteiger charge is 2.34. The Morgan fingerprint density at radius 1 is 0.909 bits per heavy atom. The molecule has 2 aromatic rings. The normalized spacial score (nSPS) is 18.5. The zero-order chi connectivity index (χ0) is 23.6. The van der Waals surface area contributed by atoms with Gasteiger partial charge in [-0.1, -0.05) is 42.0 Å². The predicted molar refractivity (Wildman–Crippen MR) is 133 cm³/mol. The van der Waals surface area contributed by atoms with Gasteiger partial charge in [0.1, 0.15) is 0 Å². The molecule has 33 heavy (non-hydrogen) atoms. The fourth-order valence-electron chi connectivity index (χ4n) is 4.99. The van der Waals surface area contributed by atoms with Gasteiger partial charge in [-0.15, -0.1) is 0 Å². The molecule has 0 aliphatic carbocycles. The third-order valence-corrected chi connectivity index (χ3v) is 8.99. The van der Waals surface area contributed by atoms with Crippen molar-refractivity contribution in [3.05, 3.63) is 64.7 Å². The van der Waals surface area contributed by atoms with Crippen molar-refractivity contribution in [2.45, 2.75) is 39.4 Å². The van der Waals surface area contributed by atoms with Crippen molar-refractivity contribution < 1.29 is 13.2 Å². The van der Waals surface area contributed by atoms with Crippen molar-refractivity contribution in [2.75, 3.05) is 44.2 Å². The number of nitrogens with zero attached hydrogens (tertiary/aromatic N) is 3. The van der Waals surface area contributed by atoms with Crippen LogP contribution in [0.1, 0.15) is 35.1 Å². The van der Waals surface area contributed by atoms with Crippen LogP contribution in [-0.2, 0) is 20.6 Å². The van der Waals surface area contributed by atoms with E-state index < -0.39 is 10.0 Å². The van der Waals surface area contributed by atoms with E-state index in [-0.39, 0.29) is 17.6 Å². The number of benzene rings is 2. The second kappa shape index (κ2) is 9.85. The van der Waals surface area contributed by atoms with Crippen molar-refractivity contribution >= 4 is 21.6 Å². The molecule has 0 atom stereocenters. The van der Waals surface area contributed by atoms with Crippen molar-refractivity contribution in [1.29, 1.82) is 0 Å². The summed E-state index contributed by atoms with van der Waals surface area (Å²) in [5, 5.41) is 0. The van der Waals surface area contributed by atoms with Crippen LogP contribution in [0.5, 0.6) is 0 Å². The Balaban J connectivity index is 1.29. The minimum absolute atomic E-state index is 0.0215. The van der Waals surface area contributed by atoms with E-state index in [0.717, 1.165) is 37.3 Å². The van der Waals surface area contributed by atoms with Crippen LogP contribution in [0.15, 0.2) is 42.5 Å². The van der Waals surface area contributed by atoms with Gasteiger partial charge in [-0.2, -0.15) is 0 Å². The Bertz CT molecular complexity index is 1100. The van der Waals surface area contributed by atoms with E-state index in [2.05, 4.69) is 36.9 Å². The topological polar surface area (TPSA) is 60.9 Å². The molecule has 0 N–H and O–H groups in total. The van der Waals surface area contributed by atoms with E-state index in [1.165, 1.54) is 16.8 Å². The van der Waals surface area contributed by atoms with Gasteiger partial charge in [0, 0.05) is 50.9 Å². The number of amides is 1. The molecule has 2 heterocycles. The summed E-state index contributed by atoms with van der Waals surface area (Å²) in [5.74, 6) is 0.127. The lowest BCUT2D eigenvalue weighted by Crippen LogP contribution is -2.52. The van der Waals surface area contributed by atoms with Crippen molar-refractivity contribution in [1.82, 2.24) is 9.21 Å². The Morgan fingerprint density at radius 3 is 2.24 bits per heavy atom. The second-order valence-corrected chi connectivity index (χ2v) is 11.4. The summed E-state index contributed by atoms with van der Waals surface area (Å²) in [6.07, 6.45) is 1.20. The van der Waals surface area contributed by atoms with Crippen LogP contribution in [0.2, 0.25) is 0 Å². The minimum Gasteiger partial charge on any atom is -0.368 e. The maximum atomic E-state index is 13.1.